The van der Waals surface area contributed by atoms with Crippen molar-refractivity contribution in [3.05, 3.63) is 47.5 Å². The van der Waals surface area contributed by atoms with E-state index in [1.54, 1.807) is 10.9 Å². The summed E-state index contributed by atoms with van der Waals surface area (Å²) >= 11 is 0. The fourth-order valence-corrected chi connectivity index (χ4v) is 1.98. The summed E-state index contributed by atoms with van der Waals surface area (Å²) in [6.45, 7) is 2.39. The minimum absolute atomic E-state index is 0.0444. The van der Waals surface area contributed by atoms with Gasteiger partial charge in [0, 0.05) is 30.9 Å². The van der Waals surface area contributed by atoms with Crippen molar-refractivity contribution in [3.63, 3.8) is 0 Å². The van der Waals surface area contributed by atoms with Gasteiger partial charge < -0.3 is 10.5 Å². The van der Waals surface area contributed by atoms with Gasteiger partial charge in [-0.3, -0.25) is 4.68 Å². The fourth-order valence-electron chi connectivity index (χ4n) is 1.98. The van der Waals surface area contributed by atoms with Crippen molar-refractivity contribution in [1.82, 2.24) is 9.78 Å². The lowest BCUT2D eigenvalue weighted by atomic mass is 10.0. The number of rotatable bonds is 6. The summed E-state index contributed by atoms with van der Waals surface area (Å²) in [6, 6.07) is 4.78. The van der Waals surface area contributed by atoms with Crippen LogP contribution in [-0.2, 0) is 20.1 Å². The lowest BCUT2D eigenvalue weighted by molar-refractivity contribution is 0.304. The standard InChI is InChI=1S/C15H20FN3O/c1-3-14(17)5-11-4-13(16)7-15(6-11)20-10-12-8-18-19(2)9-12/h4,6-9,14H,3,5,10,17H2,1-2H3. The van der Waals surface area contributed by atoms with E-state index in [0.29, 0.717) is 18.8 Å². The van der Waals surface area contributed by atoms with Gasteiger partial charge in [-0.1, -0.05) is 6.92 Å². The van der Waals surface area contributed by atoms with Crippen molar-refractivity contribution >= 4 is 0 Å². The van der Waals surface area contributed by atoms with Gasteiger partial charge in [0.1, 0.15) is 18.2 Å². The normalized spacial score (nSPS) is 12.4. The molecule has 0 bridgehead atoms. The van der Waals surface area contributed by atoms with Gasteiger partial charge in [0.15, 0.2) is 0 Å². The quantitative estimate of drug-likeness (QED) is 0.882. The third-order valence-corrected chi connectivity index (χ3v) is 3.12. The van der Waals surface area contributed by atoms with E-state index < -0.39 is 0 Å². The van der Waals surface area contributed by atoms with Gasteiger partial charge in [0.2, 0.25) is 0 Å². The number of aromatic nitrogens is 2. The highest BCUT2D eigenvalue weighted by Gasteiger charge is 2.06. The topological polar surface area (TPSA) is 53.1 Å². The molecule has 2 rings (SSSR count). The second-order valence-corrected chi connectivity index (χ2v) is 4.98. The van der Waals surface area contributed by atoms with Crippen LogP contribution in [0.3, 0.4) is 0 Å². The average molecular weight is 277 g/mol. The SMILES string of the molecule is CCC(N)Cc1cc(F)cc(OCc2cnn(C)c2)c1. The molecule has 0 aliphatic rings. The van der Waals surface area contributed by atoms with Gasteiger partial charge in [-0.25, -0.2) is 4.39 Å². The van der Waals surface area contributed by atoms with E-state index in [0.717, 1.165) is 17.5 Å². The molecular formula is C15H20FN3O. The molecule has 108 valence electrons. The molecule has 0 aliphatic carbocycles. The molecule has 0 spiro atoms. The van der Waals surface area contributed by atoms with Gasteiger partial charge in [0.05, 0.1) is 6.20 Å². The van der Waals surface area contributed by atoms with Crippen LogP contribution in [0.15, 0.2) is 30.6 Å². The van der Waals surface area contributed by atoms with E-state index in [1.165, 1.54) is 12.1 Å². The molecule has 1 atom stereocenters. The van der Waals surface area contributed by atoms with Crippen LogP contribution in [0.4, 0.5) is 4.39 Å². The zero-order valence-corrected chi connectivity index (χ0v) is 11.8. The zero-order chi connectivity index (χ0) is 14.5. The van der Waals surface area contributed by atoms with Gasteiger partial charge in [-0.05, 0) is 30.5 Å². The van der Waals surface area contributed by atoms with Crippen LogP contribution in [0.2, 0.25) is 0 Å². The number of hydrogen-bond donors (Lipinski definition) is 1. The van der Waals surface area contributed by atoms with E-state index in [9.17, 15) is 4.39 Å². The molecule has 1 aromatic carbocycles. The Bertz CT molecular complexity index is 568. The van der Waals surface area contributed by atoms with E-state index in [1.807, 2.05) is 26.2 Å². The Morgan fingerprint density at radius 2 is 2.15 bits per heavy atom. The van der Waals surface area contributed by atoms with E-state index in [4.69, 9.17) is 10.5 Å². The number of benzene rings is 1. The Kier molecular flexibility index (Phi) is 4.74. The highest BCUT2D eigenvalue weighted by atomic mass is 19.1. The second kappa shape index (κ2) is 6.52. The Morgan fingerprint density at radius 1 is 1.35 bits per heavy atom. The molecule has 5 heteroatoms. The molecule has 0 amide bonds. The molecular weight excluding hydrogens is 257 g/mol. The summed E-state index contributed by atoms with van der Waals surface area (Å²) in [4.78, 5) is 0. The molecule has 4 nitrogen and oxygen atoms in total. The number of ether oxygens (including phenoxy) is 1. The molecule has 1 heterocycles. The molecule has 20 heavy (non-hydrogen) atoms. The second-order valence-electron chi connectivity index (χ2n) is 4.98. The van der Waals surface area contributed by atoms with E-state index in [2.05, 4.69) is 5.10 Å². The third kappa shape index (κ3) is 4.06. The Hall–Kier alpha value is -1.88. The van der Waals surface area contributed by atoms with Crippen LogP contribution in [0, 0.1) is 5.82 Å². The molecule has 1 aromatic heterocycles. The van der Waals surface area contributed by atoms with Gasteiger partial charge in [-0.15, -0.1) is 0 Å². The summed E-state index contributed by atoms with van der Waals surface area (Å²) < 4.78 is 20.9. The van der Waals surface area contributed by atoms with E-state index >= 15 is 0 Å². The minimum atomic E-state index is -0.299. The molecule has 0 saturated carbocycles. The number of nitrogens with zero attached hydrogens (tertiary/aromatic N) is 2. The van der Waals surface area contributed by atoms with Crippen molar-refractivity contribution in [2.75, 3.05) is 0 Å². The van der Waals surface area contributed by atoms with Gasteiger partial charge >= 0.3 is 0 Å². The largest absolute Gasteiger partial charge is 0.489 e. The molecule has 0 fully saturated rings. The highest BCUT2D eigenvalue weighted by Crippen LogP contribution is 2.19. The number of hydrogen-bond acceptors (Lipinski definition) is 3. The predicted molar refractivity (Wildman–Crippen MR) is 75.9 cm³/mol. The highest BCUT2D eigenvalue weighted by molar-refractivity contribution is 5.30. The Morgan fingerprint density at radius 3 is 2.80 bits per heavy atom. The number of aryl methyl sites for hydroxylation is 1. The number of halogens is 1. The van der Waals surface area contributed by atoms with Crippen molar-refractivity contribution in [1.29, 1.82) is 0 Å². The maximum absolute atomic E-state index is 13.6. The van der Waals surface area contributed by atoms with Crippen molar-refractivity contribution in [3.8, 4) is 5.75 Å². The minimum Gasteiger partial charge on any atom is -0.489 e. The summed E-state index contributed by atoms with van der Waals surface area (Å²) in [5.41, 5.74) is 7.71. The van der Waals surface area contributed by atoms with Crippen LogP contribution in [-0.4, -0.2) is 15.8 Å². The molecule has 0 saturated heterocycles. The first-order valence-corrected chi connectivity index (χ1v) is 6.72. The first-order chi connectivity index (χ1) is 9.56. The van der Waals surface area contributed by atoms with Crippen molar-refractivity contribution < 1.29 is 9.13 Å². The van der Waals surface area contributed by atoms with Crippen LogP contribution >= 0.6 is 0 Å². The van der Waals surface area contributed by atoms with Gasteiger partial charge in [0.25, 0.3) is 0 Å². The Labute approximate surface area is 118 Å². The van der Waals surface area contributed by atoms with Crippen LogP contribution < -0.4 is 10.5 Å². The van der Waals surface area contributed by atoms with Crippen molar-refractivity contribution in [2.24, 2.45) is 12.8 Å². The average Bonchev–Trinajstić information content (AvgIpc) is 2.81. The lowest BCUT2D eigenvalue weighted by Gasteiger charge is -2.11. The van der Waals surface area contributed by atoms with Crippen molar-refractivity contribution in [2.45, 2.75) is 32.4 Å². The maximum atomic E-state index is 13.6. The van der Waals surface area contributed by atoms with E-state index in [-0.39, 0.29) is 11.9 Å². The third-order valence-electron chi connectivity index (χ3n) is 3.12. The predicted octanol–water partition coefficient (Wildman–Crippen LogP) is 2.42. The van der Waals surface area contributed by atoms with Crippen LogP contribution in [0.5, 0.6) is 5.75 Å². The molecule has 2 N–H and O–H groups in total. The number of nitrogens with two attached hydrogens (primary N) is 1. The summed E-state index contributed by atoms with van der Waals surface area (Å²) in [5, 5.41) is 4.06. The molecule has 0 aliphatic heterocycles. The Balaban J connectivity index is 2.03. The lowest BCUT2D eigenvalue weighted by Crippen LogP contribution is -2.21. The molecule has 0 radical (unpaired) electrons. The molecule has 1 unspecified atom stereocenters. The zero-order valence-electron chi connectivity index (χ0n) is 11.8. The van der Waals surface area contributed by atoms with Crippen LogP contribution in [0.1, 0.15) is 24.5 Å². The monoisotopic (exact) mass is 277 g/mol. The maximum Gasteiger partial charge on any atom is 0.127 e. The fraction of sp³-hybridized carbons (Fsp3) is 0.400. The van der Waals surface area contributed by atoms with Gasteiger partial charge in [-0.2, -0.15) is 5.10 Å². The summed E-state index contributed by atoms with van der Waals surface area (Å²) in [6.07, 6.45) is 5.11. The molecule has 2 aromatic rings. The van der Waals surface area contributed by atoms with Crippen LogP contribution in [0.25, 0.3) is 0 Å². The first kappa shape index (κ1) is 14.5. The first-order valence-electron chi connectivity index (χ1n) is 6.72. The summed E-state index contributed by atoms with van der Waals surface area (Å²) in [5.74, 6) is 0.221. The summed E-state index contributed by atoms with van der Waals surface area (Å²) in [7, 11) is 1.84. The smallest absolute Gasteiger partial charge is 0.127 e.